The normalized spacial score (nSPS) is 21.3. The molecule has 0 bridgehead atoms. The van der Waals surface area contributed by atoms with Crippen LogP contribution in [0.2, 0.25) is 0 Å². The molecule has 2 rings (SSSR count). The van der Waals surface area contributed by atoms with Crippen molar-refractivity contribution in [3.8, 4) is 0 Å². The highest BCUT2D eigenvalue weighted by molar-refractivity contribution is 9.09. The van der Waals surface area contributed by atoms with Crippen LogP contribution in [-0.4, -0.2) is 11.1 Å². The molecule has 1 atom stereocenters. The largest absolute Gasteiger partial charge is 0.293 e. The van der Waals surface area contributed by atoms with Crippen LogP contribution in [0.3, 0.4) is 0 Å². The molecule has 0 saturated heterocycles. The maximum absolute atomic E-state index is 11.9. The van der Waals surface area contributed by atoms with Crippen LogP contribution in [0.5, 0.6) is 0 Å². The Hall–Kier alpha value is -0.630. The summed E-state index contributed by atoms with van der Waals surface area (Å²) >= 11 is 3.26. The van der Waals surface area contributed by atoms with Gasteiger partial charge in [-0.3, -0.25) is 4.79 Å². The molecule has 1 aliphatic carbocycles. The van der Waals surface area contributed by atoms with E-state index in [0.29, 0.717) is 17.2 Å². The molecule has 0 spiro atoms. The molecule has 1 unspecified atom stereocenters. The lowest BCUT2D eigenvalue weighted by Crippen LogP contribution is -2.28. The molecule has 0 fully saturated rings. The predicted octanol–water partition coefficient (Wildman–Crippen LogP) is 5.08. The number of fused-ring (bicyclic) bond motifs is 1. The van der Waals surface area contributed by atoms with Gasteiger partial charge in [0.1, 0.15) is 0 Å². The maximum Gasteiger partial charge on any atom is 0.173 e. The molecule has 0 heterocycles. The molecule has 104 valence electrons. The van der Waals surface area contributed by atoms with E-state index in [1.165, 1.54) is 24.0 Å². The van der Waals surface area contributed by atoms with Crippen LogP contribution in [0, 0.1) is 5.92 Å². The summed E-state index contributed by atoms with van der Waals surface area (Å²) in [5, 5.41) is 0.404. The minimum atomic E-state index is 0.175. The van der Waals surface area contributed by atoms with Crippen molar-refractivity contribution in [2.24, 2.45) is 5.92 Å². The van der Waals surface area contributed by atoms with Gasteiger partial charge in [-0.25, -0.2) is 0 Å². The molecule has 0 radical (unpaired) electrons. The van der Waals surface area contributed by atoms with Crippen molar-refractivity contribution in [3.63, 3.8) is 0 Å². The third kappa shape index (κ3) is 2.79. The summed E-state index contributed by atoms with van der Waals surface area (Å²) in [5.74, 6) is 1.39. The van der Waals surface area contributed by atoms with Crippen LogP contribution in [0.25, 0.3) is 0 Å². The van der Waals surface area contributed by atoms with Crippen LogP contribution < -0.4 is 0 Å². The fourth-order valence-corrected chi connectivity index (χ4v) is 3.56. The summed E-state index contributed by atoms with van der Waals surface area (Å²) in [6.45, 7) is 9.19. The highest BCUT2D eigenvalue weighted by Crippen LogP contribution is 2.45. The number of halogens is 1. The van der Waals surface area contributed by atoms with Gasteiger partial charge in [0, 0.05) is 5.56 Å². The van der Waals surface area contributed by atoms with Gasteiger partial charge in [0.05, 0.1) is 5.33 Å². The Balaban J connectivity index is 2.53. The van der Waals surface area contributed by atoms with Gasteiger partial charge in [-0.2, -0.15) is 0 Å². The Morgan fingerprint density at radius 3 is 2.68 bits per heavy atom. The third-order valence-electron chi connectivity index (χ3n) is 4.51. The molecule has 0 aliphatic heterocycles. The summed E-state index contributed by atoms with van der Waals surface area (Å²) in [5.41, 5.74) is 3.91. The monoisotopic (exact) mass is 322 g/mol. The van der Waals surface area contributed by atoms with E-state index >= 15 is 0 Å². The van der Waals surface area contributed by atoms with E-state index in [1.54, 1.807) is 0 Å². The zero-order valence-electron chi connectivity index (χ0n) is 12.3. The number of carbonyl (C=O) groups excluding carboxylic acids is 1. The second-order valence-electron chi connectivity index (χ2n) is 6.63. The summed E-state index contributed by atoms with van der Waals surface area (Å²) < 4.78 is 0. The molecule has 19 heavy (non-hydrogen) atoms. The third-order valence-corrected chi connectivity index (χ3v) is 5.02. The van der Waals surface area contributed by atoms with E-state index in [9.17, 15) is 4.79 Å². The number of hydrogen-bond donors (Lipinski definition) is 0. The average Bonchev–Trinajstić information content (AvgIpc) is 2.36. The van der Waals surface area contributed by atoms with Crippen molar-refractivity contribution < 1.29 is 4.79 Å². The Labute approximate surface area is 124 Å². The fourth-order valence-electron chi connectivity index (χ4n) is 3.24. The van der Waals surface area contributed by atoms with Gasteiger partial charge in [0.25, 0.3) is 0 Å². The first-order valence-electron chi connectivity index (χ1n) is 7.10. The lowest BCUT2D eigenvalue weighted by Gasteiger charge is -2.39. The van der Waals surface area contributed by atoms with Crippen molar-refractivity contribution in [2.75, 3.05) is 5.33 Å². The molecule has 2 heteroatoms. The zero-order chi connectivity index (χ0) is 14.2. The van der Waals surface area contributed by atoms with Gasteiger partial charge in [-0.15, -0.1) is 0 Å². The number of Topliss-reactive ketones (excluding diaryl/α,β-unsaturated/α-hetero) is 1. The van der Waals surface area contributed by atoms with Crippen LogP contribution in [0.1, 0.15) is 67.9 Å². The first kappa shape index (κ1) is 14.8. The van der Waals surface area contributed by atoms with Crippen LogP contribution in [0.15, 0.2) is 18.2 Å². The fraction of sp³-hybridized carbons (Fsp3) is 0.588. The molecular weight excluding hydrogens is 300 g/mol. The molecule has 0 N–H and O–H groups in total. The molecule has 0 saturated carbocycles. The lowest BCUT2D eigenvalue weighted by atomic mass is 9.66. The Kier molecular flexibility index (Phi) is 4.20. The number of benzene rings is 1. The molecular formula is C17H23BrO. The van der Waals surface area contributed by atoms with Crippen LogP contribution >= 0.6 is 15.9 Å². The second-order valence-corrected chi connectivity index (χ2v) is 7.19. The van der Waals surface area contributed by atoms with Crippen molar-refractivity contribution in [2.45, 2.75) is 51.9 Å². The lowest BCUT2D eigenvalue weighted by molar-refractivity contribution is 0.102. The van der Waals surface area contributed by atoms with Crippen molar-refractivity contribution in [3.05, 3.63) is 34.9 Å². The Morgan fingerprint density at radius 2 is 2.11 bits per heavy atom. The molecule has 0 amide bonds. The van der Waals surface area contributed by atoms with Gasteiger partial charge >= 0.3 is 0 Å². The highest BCUT2D eigenvalue weighted by atomic mass is 79.9. The maximum atomic E-state index is 11.9. The van der Waals surface area contributed by atoms with Crippen LogP contribution in [-0.2, 0) is 5.41 Å². The van der Waals surface area contributed by atoms with Gasteiger partial charge in [0.2, 0.25) is 0 Å². The summed E-state index contributed by atoms with van der Waals surface area (Å²) in [6.07, 6.45) is 2.46. The van der Waals surface area contributed by atoms with E-state index in [2.05, 4.69) is 55.8 Å². The van der Waals surface area contributed by atoms with Crippen molar-refractivity contribution >= 4 is 21.7 Å². The number of ketones is 1. The average molecular weight is 323 g/mol. The number of carbonyl (C=O) groups is 1. The standard InChI is InChI=1S/C17H23BrO/c1-11(2)13-7-8-17(3,4)15-6-5-12(9-14(13)15)16(19)10-18/h5-6,9,11,13H,7-8,10H2,1-4H3. The second kappa shape index (κ2) is 5.40. The summed E-state index contributed by atoms with van der Waals surface area (Å²) in [7, 11) is 0. The molecule has 1 aliphatic rings. The van der Waals surface area contributed by atoms with E-state index in [1.807, 2.05) is 6.07 Å². The van der Waals surface area contributed by atoms with E-state index in [4.69, 9.17) is 0 Å². The SMILES string of the molecule is CC(C)C1CCC(C)(C)c2ccc(C(=O)CBr)cc21. The quantitative estimate of drug-likeness (QED) is 0.560. The van der Waals surface area contributed by atoms with E-state index in [-0.39, 0.29) is 11.2 Å². The van der Waals surface area contributed by atoms with Gasteiger partial charge in [0.15, 0.2) is 5.78 Å². The molecule has 0 aromatic heterocycles. The van der Waals surface area contributed by atoms with Gasteiger partial charge < -0.3 is 0 Å². The molecule has 1 nitrogen and oxygen atoms in total. The molecule has 1 aromatic carbocycles. The molecule has 1 aromatic rings. The van der Waals surface area contributed by atoms with Gasteiger partial charge in [-0.05, 0) is 47.3 Å². The van der Waals surface area contributed by atoms with Crippen molar-refractivity contribution in [1.82, 2.24) is 0 Å². The van der Waals surface area contributed by atoms with E-state index < -0.39 is 0 Å². The van der Waals surface area contributed by atoms with Gasteiger partial charge in [-0.1, -0.05) is 55.8 Å². The predicted molar refractivity (Wildman–Crippen MR) is 84.4 cm³/mol. The first-order valence-corrected chi connectivity index (χ1v) is 8.22. The Morgan fingerprint density at radius 1 is 1.42 bits per heavy atom. The smallest absolute Gasteiger partial charge is 0.173 e. The zero-order valence-corrected chi connectivity index (χ0v) is 13.9. The van der Waals surface area contributed by atoms with Crippen LogP contribution in [0.4, 0.5) is 0 Å². The first-order chi connectivity index (χ1) is 8.86. The minimum absolute atomic E-state index is 0.175. The number of rotatable bonds is 3. The van der Waals surface area contributed by atoms with E-state index in [0.717, 1.165) is 5.56 Å². The summed E-state index contributed by atoms with van der Waals surface area (Å²) in [6, 6.07) is 6.32. The Bertz CT molecular complexity index is 488. The number of alkyl halides is 1. The van der Waals surface area contributed by atoms with Crippen molar-refractivity contribution in [1.29, 1.82) is 0 Å². The summed E-state index contributed by atoms with van der Waals surface area (Å²) in [4.78, 5) is 11.9. The highest BCUT2D eigenvalue weighted by Gasteiger charge is 2.34. The topological polar surface area (TPSA) is 17.1 Å². The minimum Gasteiger partial charge on any atom is -0.293 e. The number of hydrogen-bond acceptors (Lipinski definition) is 1.